The van der Waals surface area contributed by atoms with E-state index < -0.39 is 0 Å². The first-order chi connectivity index (χ1) is 15.5. The number of amides is 3. The molecule has 0 radical (unpaired) electrons. The molecule has 0 unspecified atom stereocenters. The zero-order chi connectivity index (χ0) is 22.9. The number of rotatable bonds is 7. The fourth-order valence-electron chi connectivity index (χ4n) is 3.77. The summed E-state index contributed by atoms with van der Waals surface area (Å²) in [4.78, 5) is 33.0. The molecule has 0 bridgehead atoms. The van der Waals surface area contributed by atoms with Gasteiger partial charge in [-0.3, -0.25) is 4.79 Å². The number of aromatic nitrogens is 1. The first-order valence-corrected chi connectivity index (χ1v) is 11.1. The summed E-state index contributed by atoms with van der Waals surface area (Å²) in [5.41, 5.74) is 2.15. The summed E-state index contributed by atoms with van der Waals surface area (Å²) < 4.78 is 0. The molecule has 2 heterocycles. The highest BCUT2D eigenvalue weighted by molar-refractivity contribution is 5.94. The molecular weight excluding hydrogens is 404 g/mol. The minimum atomic E-state index is -0.191. The van der Waals surface area contributed by atoms with Crippen LogP contribution in [0.4, 0.5) is 10.6 Å². The van der Waals surface area contributed by atoms with Crippen molar-refractivity contribution in [2.75, 3.05) is 31.1 Å². The van der Waals surface area contributed by atoms with Crippen LogP contribution < -0.4 is 15.5 Å². The molecular formula is C24H30N6O2. The normalized spacial score (nSPS) is 13.8. The zero-order valence-corrected chi connectivity index (χ0v) is 18.7. The highest BCUT2D eigenvalue weighted by Crippen LogP contribution is 2.18. The third kappa shape index (κ3) is 5.97. The summed E-state index contributed by atoms with van der Waals surface area (Å²) in [5.74, 6) is 0.879. The van der Waals surface area contributed by atoms with E-state index in [2.05, 4.69) is 26.6 Å². The number of anilines is 1. The van der Waals surface area contributed by atoms with E-state index in [-0.39, 0.29) is 18.0 Å². The highest BCUT2D eigenvalue weighted by atomic mass is 16.2. The van der Waals surface area contributed by atoms with E-state index in [9.17, 15) is 9.59 Å². The lowest BCUT2D eigenvalue weighted by atomic mass is 10.1. The third-order valence-corrected chi connectivity index (χ3v) is 5.74. The Balaban J connectivity index is 1.41. The van der Waals surface area contributed by atoms with Crippen molar-refractivity contribution < 1.29 is 9.59 Å². The zero-order valence-electron chi connectivity index (χ0n) is 18.7. The molecule has 8 nitrogen and oxygen atoms in total. The first kappa shape index (κ1) is 23.1. The van der Waals surface area contributed by atoms with Crippen LogP contribution in [-0.2, 0) is 6.54 Å². The highest BCUT2D eigenvalue weighted by Gasteiger charge is 2.21. The number of hydrogen-bond donors (Lipinski definition) is 2. The molecule has 32 heavy (non-hydrogen) atoms. The number of hydrogen-bond acceptors (Lipinski definition) is 5. The fourth-order valence-corrected chi connectivity index (χ4v) is 3.77. The van der Waals surface area contributed by atoms with E-state index in [4.69, 9.17) is 5.26 Å². The maximum Gasteiger partial charge on any atom is 0.315 e. The van der Waals surface area contributed by atoms with Crippen molar-refractivity contribution >= 4 is 17.8 Å². The topological polar surface area (TPSA) is 101 Å². The predicted octanol–water partition coefficient (Wildman–Crippen LogP) is 2.90. The van der Waals surface area contributed by atoms with E-state index in [0.29, 0.717) is 30.8 Å². The van der Waals surface area contributed by atoms with Gasteiger partial charge in [0.25, 0.3) is 5.91 Å². The molecule has 2 aromatic rings. The molecule has 0 atom stereocenters. The first-order valence-electron chi connectivity index (χ1n) is 11.1. The SMILES string of the molecule is CCN(CC)C(=O)c1ccc(CNC(=O)NC2CCN(c3ccc(C#N)cn3)CC2)cc1. The number of carbonyl (C=O) groups excluding carboxylic acids is 2. The molecule has 0 saturated carbocycles. The van der Waals surface area contributed by atoms with Gasteiger partial charge in [-0.15, -0.1) is 0 Å². The van der Waals surface area contributed by atoms with Gasteiger partial charge in [-0.05, 0) is 56.5 Å². The lowest BCUT2D eigenvalue weighted by Crippen LogP contribution is -2.48. The van der Waals surface area contributed by atoms with Gasteiger partial charge in [-0.2, -0.15) is 5.26 Å². The second-order valence-electron chi connectivity index (χ2n) is 7.78. The minimum Gasteiger partial charge on any atom is -0.356 e. The summed E-state index contributed by atoms with van der Waals surface area (Å²) in [6, 6.07) is 13.0. The molecule has 1 aliphatic heterocycles. The number of nitrogens with zero attached hydrogens (tertiary/aromatic N) is 4. The van der Waals surface area contributed by atoms with Crippen LogP contribution in [0.25, 0.3) is 0 Å². The van der Waals surface area contributed by atoms with E-state index in [1.54, 1.807) is 17.2 Å². The molecule has 168 valence electrons. The van der Waals surface area contributed by atoms with Gasteiger partial charge in [-0.1, -0.05) is 12.1 Å². The van der Waals surface area contributed by atoms with Crippen molar-refractivity contribution in [3.05, 3.63) is 59.3 Å². The van der Waals surface area contributed by atoms with Gasteiger partial charge in [0.15, 0.2) is 0 Å². The molecule has 1 fully saturated rings. The standard InChI is InChI=1S/C24H30N6O2/c1-3-29(4-2)23(31)20-8-5-18(6-9-20)16-27-24(32)28-21-11-13-30(14-12-21)22-10-7-19(15-25)17-26-22/h5-10,17,21H,3-4,11-14,16H2,1-2H3,(H2,27,28,32). The largest absolute Gasteiger partial charge is 0.356 e. The molecule has 8 heteroatoms. The summed E-state index contributed by atoms with van der Waals surface area (Å²) in [6.45, 7) is 7.29. The van der Waals surface area contributed by atoms with Gasteiger partial charge in [0.1, 0.15) is 11.9 Å². The maximum absolute atomic E-state index is 12.4. The van der Waals surface area contributed by atoms with Crippen molar-refractivity contribution in [1.29, 1.82) is 5.26 Å². The van der Waals surface area contributed by atoms with Gasteiger partial charge in [0, 0.05) is 50.5 Å². The average Bonchev–Trinajstić information content (AvgIpc) is 2.84. The Bertz CT molecular complexity index is 940. The molecule has 3 rings (SSSR count). The van der Waals surface area contributed by atoms with E-state index in [1.165, 1.54) is 0 Å². The maximum atomic E-state index is 12.4. The van der Waals surface area contributed by atoms with E-state index in [1.807, 2.05) is 44.2 Å². The molecule has 1 aliphatic rings. The lowest BCUT2D eigenvalue weighted by molar-refractivity contribution is 0.0773. The smallest absolute Gasteiger partial charge is 0.315 e. The van der Waals surface area contributed by atoms with Crippen LogP contribution in [0.2, 0.25) is 0 Å². The van der Waals surface area contributed by atoms with Gasteiger partial charge >= 0.3 is 6.03 Å². The van der Waals surface area contributed by atoms with Crippen LogP contribution in [0.3, 0.4) is 0 Å². The van der Waals surface area contributed by atoms with Crippen LogP contribution >= 0.6 is 0 Å². The number of benzene rings is 1. The molecule has 3 amide bonds. The molecule has 2 N–H and O–H groups in total. The second kappa shape index (κ2) is 11.1. The van der Waals surface area contributed by atoms with Gasteiger partial charge in [-0.25, -0.2) is 9.78 Å². The number of carbonyl (C=O) groups is 2. The number of urea groups is 1. The average molecular weight is 435 g/mol. The Morgan fingerprint density at radius 2 is 1.81 bits per heavy atom. The molecule has 1 aromatic heterocycles. The summed E-state index contributed by atoms with van der Waals surface area (Å²) in [5, 5.41) is 14.8. The number of nitrogens with one attached hydrogen (secondary N) is 2. The van der Waals surface area contributed by atoms with Crippen molar-refractivity contribution in [1.82, 2.24) is 20.5 Å². The van der Waals surface area contributed by atoms with E-state index >= 15 is 0 Å². The quantitative estimate of drug-likeness (QED) is 0.698. The van der Waals surface area contributed by atoms with Crippen molar-refractivity contribution in [2.45, 2.75) is 39.3 Å². The Kier molecular flexibility index (Phi) is 8.03. The van der Waals surface area contributed by atoms with Crippen LogP contribution in [0, 0.1) is 11.3 Å². The van der Waals surface area contributed by atoms with Crippen molar-refractivity contribution in [2.24, 2.45) is 0 Å². The Morgan fingerprint density at radius 1 is 1.12 bits per heavy atom. The Morgan fingerprint density at radius 3 is 2.38 bits per heavy atom. The minimum absolute atomic E-state index is 0.0230. The van der Waals surface area contributed by atoms with Crippen molar-refractivity contribution in [3.63, 3.8) is 0 Å². The monoisotopic (exact) mass is 434 g/mol. The molecule has 0 spiro atoms. The summed E-state index contributed by atoms with van der Waals surface area (Å²) in [7, 11) is 0. The van der Waals surface area contributed by atoms with Crippen LogP contribution in [-0.4, -0.2) is 54.0 Å². The Labute approximate surface area is 189 Å². The molecule has 0 aliphatic carbocycles. The van der Waals surface area contributed by atoms with Crippen molar-refractivity contribution in [3.8, 4) is 6.07 Å². The van der Waals surface area contributed by atoms with Gasteiger partial charge in [0.05, 0.1) is 5.56 Å². The van der Waals surface area contributed by atoms with E-state index in [0.717, 1.165) is 37.3 Å². The predicted molar refractivity (Wildman–Crippen MR) is 123 cm³/mol. The van der Waals surface area contributed by atoms with Crippen LogP contribution in [0.15, 0.2) is 42.6 Å². The van der Waals surface area contributed by atoms with Gasteiger partial charge in [0.2, 0.25) is 0 Å². The molecule has 1 saturated heterocycles. The molecule has 1 aromatic carbocycles. The second-order valence-corrected chi connectivity index (χ2v) is 7.78. The van der Waals surface area contributed by atoms with Gasteiger partial charge < -0.3 is 20.4 Å². The third-order valence-electron chi connectivity index (χ3n) is 5.74. The number of pyridine rings is 1. The Hall–Kier alpha value is -3.60. The number of nitriles is 1. The van der Waals surface area contributed by atoms with Crippen LogP contribution in [0.5, 0.6) is 0 Å². The summed E-state index contributed by atoms with van der Waals surface area (Å²) >= 11 is 0. The number of piperidine rings is 1. The van der Waals surface area contributed by atoms with Crippen LogP contribution in [0.1, 0.15) is 48.2 Å². The fraction of sp³-hybridized carbons (Fsp3) is 0.417. The summed E-state index contributed by atoms with van der Waals surface area (Å²) in [6.07, 6.45) is 3.24. The lowest BCUT2D eigenvalue weighted by Gasteiger charge is -2.33.